The first-order valence-electron chi connectivity index (χ1n) is 11.5. The second-order valence-corrected chi connectivity index (χ2v) is 12.3. The van der Waals surface area contributed by atoms with Crippen molar-refractivity contribution in [1.82, 2.24) is 10.2 Å². The van der Waals surface area contributed by atoms with Crippen LogP contribution in [0.15, 0.2) is 24.3 Å². The molecule has 0 unspecified atom stereocenters. The molecule has 0 radical (unpaired) electrons. The lowest BCUT2D eigenvalue weighted by Crippen LogP contribution is -2.68. The summed E-state index contributed by atoms with van der Waals surface area (Å²) in [5, 5.41) is 12.8. The van der Waals surface area contributed by atoms with E-state index in [0.29, 0.717) is 49.8 Å². The van der Waals surface area contributed by atoms with Gasteiger partial charge in [0.05, 0.1) is 17.4 Å². The number of hydrogen-bond acceptors (Lipinski definition) is 5. The Labute approximate surface area is 188 Å². The Morgan fingerprint density at radius 2 is 1.88 bits per heavy atom. The Bertz CT molecular complexity index is 1040. The Kier molecular flexibility index (Phi) is 5.21. The van der Waals surface area contributed by atoms with Crippen molar-refractivity contribution < 1.29 is 17.6 Å². The molecule has 1 heterocycles. The molecule has 172 valence electrons. The number of nitrogens with one attached hydrogen (secondary N) is 2. The summed E-state index contributed by atoms with van der Waals surface area (Å²) in [6, 6.07) is 7.24. The van der Waals surface area contributed by atoms with E-state index in [2.05, 4.69) is 16.1 Å². The second-order valence-electron chi connectivity index (χ2n) is 10.3. The van der Waals surface area contributed by atoms with Crippen molar-refractivity contribution in [3.05, 3.63) is 30.1 Å². The fourth-order valence-corrected chi connectivity index (χ4v) is 9.08. The Morgan fingerprint density at radius 1 is 1.19 bits per heavy atom. The van der Waals surface area contributed by atoms with E-state index in [4.69, 9.17) is 0 Å². The van der Waals surface area contributed by atoms with Crippen LogP contribution in [0.5, 0.6) is 0 Å². The van der Waals surface area contributed by atoms with Gasteiger partial charge in [-0.2, -0.15) is 5.26 Å². The molecule has 6 rings (SSSR count). The molecule has 2 N–H and O–H groups in total. The summed E-state index contributed by atoms with van der Waals surface area (Å²) in [7, 11) is -3.70. The molecule has 4 saturated carbocycles. The third kappa shape index (κ3) is 3.67. The summed E-state index contributed by atoms with van der Waals surface area (Å²) in [6.45, 7) is 0.746. The molecule has 3 atom stereocenters. The molecule has 5 aliphatic rings. The molecule has 7 nitrogen and oxygen atoms in total. The van der Waals surface area contributed by atoms with Gasteiger partial charge in [-0.15, -0.1) is 0 Å². The highest BCUT2D eigenvalue weighted by Crippen LogP contribution is 2.60. The average Bonchev–Trinajstić information content (AvgIpc) is 3.22. The van der Waals surface area contributed by atoms with E-state index in [-0.39, 0.29) is 24.0 Å². The van der Waals surface area contributed by atoms with Crippen molar-refractivity contribution in [3.8, 4) is 6.07 Å². The van der Waals surface area contributed by atoms with E-state index in [0.717, 1.165) is 25.7 Å². The maximum absolute atomic E-state index is 13.6. The van der Waals surface area contributed by atoms with Gasteiger partial charge in [0.15, 0.2) is 0 Å². The number of nitriles is 1. The average molecular weight is 461 g/mol. The maximum atomic E-state index is 13.6. The fraction of sp³-hybridized carbons (Fsp3) is 0.652. The number of sulfonamides is 1. The van der Waals surface area contributed by atoms with Crippen molar-refractivity contribution >= 4 is 21.6 Å². The Hall–Kier alpha value is -2.18. The Morgan fingerprint density at radius 3 is 2.53 bits per heavy atom. The fourth-order valence-electron chi connectivity index (χ4n) is 7.05. The molecular weight excluding hydrogens is 431 g/mol. The lowest BCUT2D eigenvalue weighted by molar-refractivity contribution is -0.131. The smallest absolute Gasteiger partial charge is 0.238 e. The predicted octanol–water partition coefficient (Wildman–Crippen LogP) is 2.76. The SMILES string of the molecule is N#C[C@@H]1CCCN1C(=O)CNC12C[C@@H]3C[C@@H](C1)CC(S(=O)(=O)Nc1ccc(F)cc1)(C3)C2. The number of rotatable bonds is 6. The molecule has 0 aromatic heterocycles. The van der Waals surface area contributed by atoms with Crippen molar-refractivity contribution in [3.63, 3.8) is 0 Å². The minimum atomic E-state index is -3.70. The number of likely N-dealkylation sites (tertiary alicyclic amines) is 1. The molecule has 4 aliphatic carbocycles. The van der Waals surface area contributed by atoms with Gasteiger partial charge in [0.2, 0.25) is 15.9 Å². The van der Waals surface area contributed by atoms with Crippen molar-refractivity contribution in [2.75, 3.05) is 17.8 Å². The first-order valence-corrected chi connectivity index (χ1v) is 12.9. The summed E-state index contributed by atoms with van der Waals surface area (Å²) < 4.78 is 42.2. The Balaban J connectivity index is 1.34. The van der Waals surface area contributed by atoms with E-state index in [9.17, 15) is 22.9 Å². The zero-order valence-corrected chi connectivity index (χ0v) is 18.8. The third-order valence-corrected chi connectivity index (χ3v) is 10.1. The van der Waals surface area contributed by atoms with E-state index in [1.807, 2.05) is 0 Å². The van der Waals surface area contributed by atoms with Crippen LogP contribution in [0.25, 0.3) is 0 Å². The summed E-state index contributed by atoms with van der Waals surface area (Å²) in [4.78, 5) is 14.5. The number of nitrogens with zero attached hydrogens (tertiary/aromatic N) is 2. The highest BCUT2D eigenvalue weighted by molar-refractivity contribution is 7.94. The number of halogens is 1. The highest BCUT2D eigenvalue weighted by atomic mass is 32.2. The molecule has 4 bridgehead atoms. The first-order chi connectivity index (χ1) is 15.2. The van der Waals surface area contributed by atoms with E-state index in [1.165, 1.54) is 24.3 Å². The van der Waals surface area contributed by atoms with Gasteiger partial charge in [-0.1, -0.05) is 0 Å². The minimum absolute atomic E-state index is 0.0776. The maximum Gasteiger partial charge on any atom is 0.238 e. The van der Waals surface area contributed by atoms with Gasteiger partial charge in [0, 0.05) is 17.8 Å². The summed E-state index contributed by atoms with van der Waals surface area (Å²) in [5.41, 5.74) is -0.00463. The van der Waals surface area contributed by atoms with Crippen LogP contribution in [0.1, 0.15) is 51.4 Å². The van der Waals surface area contributed by atoms with Gasteiger partial charge in [-0.3, -0.25) is 9.52 Å². The zero-order chi connectivity index (χ0) is 22.6. The summed E-state index contributed by atoms with van der Waals surface area (Å²) in [6.07, 6.45) is 6.08. The highest BCUT2D eigenvalue weighted by Gasteiger charge is 2.62. The molecule has 5 fully saturated rings. The second kappa shape index (κ2) is 7.70. The summed E-state index contributed by atoms with van der Waals surface area (Å²) in [5.74, 6) is 0.128. The van der Waals surface area contributed by atoms with Crippen molar-refractivity contribution in [2.24, 2.45) is 11.8 Å². The van der Waals surface area contributed by atoms with Gasteiger partial charge in [0.1, 0.15) is 11.9 Å². The lowest BCUT2D eigenvalue weighted by atomic mass is 9.52. The molecule has 32 heavy (non-hydrogen) atoms. The topological polar surface area (TPSA) is 102 Å². The predicted molar refractivity (Wildman–Crippen MR) is 117 cm³/mol. The van der Waals surface area contributed by atoms with Crippen LogP contribution in [-0.4, -0.2) is 48.6 Å². The van der Waals surface area contributed by atoms with Crippen LogP contribution in [0.4, 0.5) is 10.1 Å². The quantitative estimate of drug-likeness (QED) is 0.680. The minimum Gasteiger partial charge on any atom is -0.326 e. The third-order valence-electron chi connectivity index (χ3n) is 8.01. The van der Waals surface area contributed by atoms with Crippen LogP contribution in [0, 0.1) is 29.0 Å². The molecule has 1 amide bonds. The molecule has 1 aliphatic heterocycles. The van der Waals surface area contributed by atoms with Gasteiger partial charge >= 0.3 is 0 Å². The van der Waals surface area contributed by atoms with E-state index >= 15 is 0 Å². The molecule has 1 saturated heterocycles. The standard InChI is InChI=1S/C23H29FN4O3S/c24-18-3-5-19(6-4-18)27-32(30,31)23-11-16-8-17(12-23)10-22(9-16,15-23)26-14-21(29)28-7-1-2-20(28)13-25/h3-6,16-17,20,26-27H,1-2,7-12,14-15H2/t16-,17-,20-,22?,23?/m0/s1. The van der Waals surface area contributed by atoms with Gasteiger partial charge in [-0.05, 0) is 87.5 Å². The van der Waals surface area contributed by atoms with Crippen LogP contribution >= 0.6 is 0 Å². The first kappa shape index (κ1) is 21.7. The lowest BCUT2D eigenvalue weighted by Gasteiger charge is -2.61. The number of carbonyl (C=O) groups excluding carboxylic acids is 1. The number of carbonyl (C=O) groups is 1. The molecular formula is C23H29FN4O3S. The number of anilines is 1. The largest absolute Gasteiger partial charge is 0.326 e. The van der Waals surface area contributed by atoms with Crippen LogP contribution in [0.3, 0.4) is 0 Å². The van der Waals surface area contributed by atoms with Gasteiger partial charge in [-0.25, -0.2) is 12.8 Å². The van der Waals surface area contributed by atoms with E-state index < -0.39 is 20.6 Å². The van der Waals surface area contributed by atoms with E-state index in [1.54, 1.807) is 4.90 Å². The van der Waals surface area contributed by atoms with Gasteiger partial charge < -0.3 is 10.2 Å². The van der Waals surface area contributed by atoms with Crippen LogP contribution < -0.4 is 10.0 Å². The van der Waals surface area contributed by atoms with Crippen molar-refractivity contribution in [2.45, 2.75) is 67.7 Å². The molecule has 1 aromatic carbocycles. The monoisotopic (exact) mass is 460 g/mol. The van der Waals surface area contributed by atoms with Crippen LogP contribution in [0.2, 0.25) is 0 Å². The molecule has 1 aromatic rings. The van der Waals surface area contributed by atoms with Crippen molar-refractivity contribution in [1.29, 1.82) is 5.26 Å². The normalized spacial score (nSPS) is 35.6. The van der Waals surface area contributed by atoms with Crippen LogP contribution in [-0.2, 0) is 14.8 Å². The molecule has 0 spiro atoms. The number of amides is 1. The van der Waals surface area contributed by atoms with Gasteiger partial charge in [0.25, 0.3) is 0 Å². The zero-order valence-electron chi connectivity index (χ0n) is 18.0. The summed E-state index contributed by atoms with van der Waals surface area (Å²) >= 11 is 0. The number of hydrogen-bond donors (Lipinski definition) is 2. The number of benzene rings is 1. The molecule has 9 heteroatoms.